The van der Waals surface area contributed by atoms with Gasteiger partial charge in [-0.05, 0) is 18.6 Å². The lowest BCUT2D eigenvalue weighted by molar-refractivity contribution is -0.153. The lowest BCUT2D eigenvalue weighted by atomic mass is 10.1. The second-order valence-electron chi connectivity index (χ2n) is 3.90. The fourth-order valence-corrected chi connectivity index (χ4v) is 2.01. The van der Waals surface area contributed by atoms with E-state index >= 15 is 0 Å². The highest BCUT2D eigenvalue weighted by atomic mass is 35.5. The predicted molar refractivity (Wildman–Crippen MR) is 76.1 cm³/mol. The van der Waals surface area contributed by atoms with Gasteiger partial charge in [0.15, 0.2) is 0 Å². The van der Waals surface area contributed by atoms with Gasteiger partial charge >= 0.3 is 5.97 Å². The number of Topliss-reactive ketones (excluding diaryl/α,β-unsaturated/α-hetero) is 1. The van der Waals surface area contributed by atoms with Crippen molar-refractivity contribution >= 4 is 46.5 Å². The zero-order valence-electron chi connectivity index (χ0n) is 11.0. The third-order valence-electron chi connectivity index (χ3n) is 2.33. The molecule has 7 heteroatoms. The quantitative estimate of drug-likeness (QED) is 0.669. The molecule has 1 aromatic rings. The third kappa shape index (κ3) is 4.21. The summed E-state index contributed by atoms with van der Waals surface area (Å²) in [5.74, 6) is -1.98. The maximum atomic E-state index is 11.6. The molecule has 0 aliphatic heterocycles. The highest BCUT2D eigenvalue weighted by Gasteiger charge is 2.19. The van der Waals surface area contributed by atoms with Gasteiger partial charge in [0.1, 0.15) is 0 Å². The minimum Gasteiger partial charge on any atom is -0.460 e. The molecule has 1 amide bonds. The molecule has 108 valence electrons. The Balaban J connectivity index is 3.00. The van der Waals surface area contributed by atoms with E-state index in [0.717, 1.165) is 0 Å². The predicted octanol–water partition coefficient (Wildman–Crippen LogP) is 2.63. The Hall–Kier alpha value is -1.59. The van der Waals surface area contributed by atoms with Gasteiger partial charge in [0.05, 0.1) is 22.3 Å². The van der Waals surface area contributed by atoms with Crippen LogP contribution in [0.1, 0.15) is 19.4 Å². The molecule has 1 N–H and O–H groups in total. The van der Waals surface area contributed by atoms with Crippen molar-refractivity contribution < 1.29 is 19.1 Å². The van der Waals surface area contributed by atoms with Crippen molar-refractivity contribution in [3.8, 4) is 0 Å². The van der Waals surface area contributed by atoms with Crippen LogP contribution in [-0.4, -0.2) is 24.3 Å². The summed E-state index contributed by atoms with van der Waals surface area (Å²) in [5, 5.41) is 2.86. The number of hydrogen-bond acceptors (Lipinski definition) is 4. The maximum Gasteiger partial charge on any atom is 0.374 e. The van der Waals surface area contributed by atoms with Crippen LogP contribution in [0.25, 0.3) is 0 Å². The monoisotopic (exact) mass is 317 g/mol. The van der Waals surface area contributed by atoms with Crippen molar-refractivity contribution in [3.05, 3.63) is 27.7 Å². The van der Waals surface area contributed by atoms with E-state index in [9.17, 15) is 14.4 Å². The second-order valence-corrected chi connectivity index (χ2v) is 4.68. The molecule has 0 aromatic heterocycles. The number of nitrogens with one attached hydrogen (secondary N) is 1. The van der Waals surface area contributed by atoms with Crippen LogP contribution in [0.15, 0.2) is 12.1 Å². The van der Waals surface area contributed by atoms with E-state index in [1.807, 2.05) is 0 Å². The standard InChI is InChI=1S/C13H13Cl2NO4/c1-3-20-13(19)10(18)6-8-4-5-9(14)12(11(8)15)16-7(2)17/h4-5H,3,6H2,1-2H3,(H,16,17). The van der Waals surface area contributed by atoms with Crippen LogP contribution in [0.5, 0.6) is 0 Å². The van der Waals surface area contributed by atoms with Gasteiger partial charge in [0.2, 0.25) is 11.7 Å². The van der Waals surface area contributed by atoms with Gasteiger partial charge in [-0.1, -0.05) is 29.3 Å². The Morgan fingerprint density at radius 1 is 1.25 bits per heavy atom. The molecule has 0 atom stereocenters. The Kier molecular flexibility index (Phi) is 5.98. The summed E-state index contributed by atoms with van der Waals surface area (Å²) in [6.07, 6.45) is -0.221. The van der Waals surface area contributed by atoms with Crippen molar-refractivity contribution in [3.63, 3.8) is 0 Å². The molecule has 0 aliphatic carbocycles. The summed E-state index contributed by atoms with van der Waals surface area (Å²) < 4.78 is 4.61. The Bertz CT molecular complexity index is 558. The average molecular weight is 318 g/mol. The van der Waals surface area contributed by atoms with Gasteiger partial charge in [0, 0.05) is 13.3 Å². The van der Waals surface area contributed by atoms with Gasteiger partial charge in [-0.15, -0.1) is 0 Å². The Labute approximate surface area is 126 Å². The normalized spacial score (nSPS) is 10.0. The van der Waals surface area contributed by atoms with E-state index in [2.05, 4.69) is 10.1 Å². The number of amides is 1. The molecule has 0 spiro atoms. The number of carbonyl (C=O) groups excluding carboxylic acids is 3. The van der Waals surface area contributed by atoms with Crippen LogP contribution >= 0.6 is 23.2 Å². The summed E-state index contributed by atoms with van der Waals surface area (Å²) in [4.78, 5) is 34.0. The Morgan fingerprint density at radius 3 is 2.45 bits per heavy atom. The van der Waals surface area contributed by atoms with E-state index in [1.54, 1.807) is 6.92 Å². The largest absolute Gasteiger partial charge is 0.460 e. The van der Waals surface area contributed by atoms with Gasteiger partial charge < -0.3 is 10.1 Å². The highest BCUT2D eigenvalue weighted by molar-refractivity contribution is 6.41. The van der Waals surface area contributed by atoms with E-state index in [1.165, 1.54) is 19.1 Å². The summed E-state index contributed by atoms with van der Waals surface area (Å²) in [6.45, 7) is 3.04. The number of ketones is 1. The smallest absolute Gasteiger partial charge is 0.374 e. The number of carbonyl (C=O) groups is 3. The van der Waals surface area contributed by atoms with Crippen molar-refractivity contribution in [2.24, 2.45) is 0 Å². The molecular weight excluding hydrogens is 305 g/mol. The Morgan fingerprint density at radius 2 is 1.90 bits per heavy atom. The first-order valence-corrected chi connectivity index (χ1v) is 6.56. The number of anilines is 1. The number of esters is 1. The molecule has 0 aliphatic rings. The minimum atomic E-state index is -0.917. The van der Waals surface area contributed by atoms with Gasteiger partial charge in [-0.3, -0.25) is 9.59 Å². The lowest BCUT2D eigenvalue weighted by Gasteiger charge is -2.11. The van der Waals surface area contributed by atoms with Crippen molar-refractivity contribution in [2.75, 3.05) is 11.9 Å². The zero-order valence-corrected chi connectivity index (χ0v) is 12.5. The maximum absolute atomic E-state index is 11.6. The van der Waals surface area contributed by atoms with Crippen molar-refractivity contribution in [1.29, 1.82) is 0 Å². The SMILES string of the molecule is CCOC(=O)C(=O)Cc1ccc(Cl)c(NC(C)=O)c1Cl. The molecule has 0 heterocycles. The molecule has 0 bridgehead atoms. The van der Waals surface area contributed by atoms with Crippen LogP contribution in [0.4, 0.5) is 5.69 Å². The van der Waals surface area contributed by atoms with Crippen LogP contribution in [0.3, 0.4) is 0 Å². The van der Waals surface area contributed by atoms with E-state index in [4.69, 9.17) is 23.2 Å². The summed E-state index contributed by atoms with van der Waals surface area (Å²) >= 11 is 12.0. The van der Waals surface area contributed by atoms with Gasteiger partial charge in [-0.2, -0.15) is 0 Å². The molecule has 0 saturated carbocycles. The van der Waals surface area contributed by atoms with Crippen LogP contribution in [0.2, 0.25) is 10.0 Å². The summed E-state index contributed by atoms with van der Waals surface area (Å²) in [5.41, 5.74) is 0.605. The number of ether oxygens (including phenoxy) is 1. The molecule has 0 radical (unpaired) electrons. The topological polar surface area (TPSA) is 72.5 Å². The molecule has 1 aromatic carbocycles. The highest BCUT2D eigenvalue weighted by Crippen LogP contribution is 2.33. The molecule has 0 unspecified atom stereocenters. The van der Waals surface area contributed by atoms with Crippen LogP contribution in [0, 0.1) is 0 Å². The molecular formula is C13H13Cl2NO4. The molecule has 20 heavy (non-hydrogen) atoms. The number of halogens is 2. The average Bonchev–Trinajstić information content (AvgIpc) is 2.37. The van der Waals surface area contributed by atoms with Crippen molar-refractivity contribution in [2.45, 2.75) is 20.3 Å². The second kappa shape index (κ2) is 7.26. The molecule has 0 fully saturated rings. The molecule has 5 nitrogen and oxygen atoms in total. The van der Waals surface area contributed by atoms with Gasteiger partial charge in [-0.25, -0.2) is 4.79 Å². The zero-order chi connectivity index (χ0) is 15.3. The molecule has 1 rings (SSSR count). The first-order valence-electron chi connectivity index (χ1n) is 5.81. The van der Waals surface area contributed by atoms with Crippen LogP contribution < -0.4 is 5.32 Å². The van der Waals surface area contributed by atoms with Gasteiger partial charge in [0.25, 0.3) is 0 Å². The van der Waals surface area contributed by atoms with E-state index in [0.29, 0.717) is 5.56 Å². The third-order valence-corrected chi connectivity index (χ3v) is 3.07. The van der Waals surface area contributed by atoms with Crippen LogP contribution in [-0.2, 0) is 25.5 Å². The minimum absolute atomic E-state index is 0.121. The van der Waals surface area contributed by atoms with Crippen molar-refractivity contribution in [1.82, 2.24) is 0 Å². The van der Waals surface area contributed by atoms with E-state index in [-0.39, 0.29) is 34.7 Å². The number of hydrogen-bond donors (Lipinski definition) is 1. The summed E-state index contributed by atoms with van der Waals surface area (Å²) in [6, 6.07) is 3.01. The first-order chi connectivity index (χ1) is 9.36. The lowest BCUT2D eigenvalue weighted by Crippen LogP contribution is -2.19. The fourth-order valence-electron chi connectivity index (χ4n) is 1.48. The first kappa shape index (κ1) is 16.5. The summed E-state index contributed by atoms with van der Waals surface area (Å²) in [7, 11) is 0. The number of benzene rings is 1. The number of rotatable bonds is 5. The fraction of sp³-hybridized carbons (Fsp3) is 0.308. The van der Waals surface area contributed by atoms with E-state index < -0.39 is 11.8 Å². The molecule has 0 saturated heterocycles.